The van der Waals surface area contributed by atoms with Crippen LogP contribution in [0.1, 0.15) is 17.2 Å². The Hall–Kier alpha value is -3.47. The zero-order chi connectivity index (χ0) is 17.9. The largest absolute Gasteiger partial charge is 0.508 e. The third-order valence-electron chi connectivity index (χ3n) is 4.25. The Morgan fingerprint density at radius 1 is 0.846 bits per heavy atom. The molecule has 0 bridgehead atoms. The van der Waals surface area contributed by atoms with Crippen molar-refractivity contribution >= 4 is 16.7 Å². The number of nitrogens with zero attached hydrogens (tertiary/aromatic N) is 2. The summed E-state index contributed by atoms with van der Waals surface area (Å²) in [7, 11) is 0. The van der Waals surface area contributed by atoms with Gasteiger partial charge < -0.3 is 10.4 Å². The van der Waals surface area contributed by atoms with Crippen LogP contribution in [0.3, 0.4) is 0 Å². The third kappa shape index (κ3) is 3.07. The number of anilines is 1. The first-order chi connectivity index (χ1) is 12.7. The van der Waals surface area contributed by atoms with Gasteiger partial charge in [0, 0.05) is 23.3 Å². The minimum atomic E-state index is -0.418. The average molecular weight is 345 g/mol. The van der Waals surface area contributed by atoms with Gasteiger partial charge in [-0.25, -0.2) is 9.37 Å². The minimum absolute atomic E-state index is 0.142. The highest BCUT2D eigenvalue weighted by atomic mass is 19.1. The maximum Gasteiger partial charge on any atom is 0.126 e. The summed E-state index contributed by atoms with van der Waals surface area (Å²) < 4.78 is 13.4. The fourth-order valence-corrected chi connectivity index (χ4v) is 3.04. The van der Waals surface area contributed by atoms with E-state index in [0.717, 1.165) is 16.5 Å². The van der Waals surface area contributed by atoms with Crippen molar-refractivity contribution in [2.45, 2.75) is 6.04 Å². The molecule has 2 N–H and O–H groups in total. The van der Waals surface area contributed by atoms with E-state index in [1.54, 1.807) is 36.7 Å². The highest BCUT2D eigenvalue weighted by Crippen LogP contribution is 2.37. The Morgan fingerprint density at radius 2 is 1.65 bits per heavy atom. The number of halogens is 1. The molecule has 0 saturated heterocycles. The van der Waals surface area contributed by atoms with E-state index in [0.29, 0.717) is 11.4 Å². The predicted molar refractivity (Wildman–Crippen MR) is 99.5 cm³/mol. The number of benzene rings is 2. The summed E-state index contributed by atoms with van der Waals surface area (Å²) >= 11 is 0. The Morgan fingerprint density at radius 3 is 2.42 bits per heavy atom. The monoisotopic (exact) mass is 345 g/mol. The van der Waals surface area contributed by atoms with Crippen LogP contribution in [0.15, 0.2) is 79.1 Å². The molecule has 0 amide bonds. The second-order valence-electron chi connectivity index (χ2n) is 5.91. The lowest BCUT2D eigenvalue weighted by atomic mass is 9.94. The van der Waals surface area contributed by atoms with E-state index in [1.807, 2.05) is 30.3 Å². The second kappa shape index (κ2) is 6.80. The Labute approximate surface area is 150 Å². The van der Waals surface area contributed by atoms with Crippen molar-refractivity contribution in [2.24, 2.45) is 0 Å². The summed E-state index contributed by atoms with van der Waals surface area (Å²) in [6.45, 7) is 0. The van der Waals surface area contributed by atoms with Crippen molar-refractivity contribution in [1.29, 1.82) is 0 Å². The second-order valence-corrected chi connectivity index (χ2v) is 5.91. The lowest BCUT2D eigenvalue weighted by Crippen LogP contribution is -2.14. The van der Waals surface area contributed by atoms with Crippen molar-refractivity contribution in [3.63, 3.8) is 0 Å². The molecule has 0 radical (unpaired) electrons. The molecule has 128 valence electrons. The number of pyridine rings is 2. The van der Waals surface area contributed by atoms with Gasteiger partial charge in [-0.15, -0.1) is 0 Å². The van der Waals surface area contributed by atoms with Crippen LogP contribution >= 0.6 is 0 Å². The van der Waals surface area contributed by atoms with Crippen LogP contribution in [0.25, 0.3) is 10.9 Å². The fraction of sp³-hybridized carbons (Fsp3) is 0.0476. The summed E-state index contributed by atoms with van der Waals surface area (Å²) in [6.07, 6.45) is 3.40. The van der Waals surface area contributed by atoms with Gasteiger partial charge in [0.1, 0.15) is 17.4 Å². The first-order valence-electron chi connectivity index (χ1n) is 8.22. The van der Waals surface area contributed by atoms with Gasteiger partial charge >= 0.3 is 0 Å². The molecule has 0 fully saturated rings. The highest BCUT2D eigenvalue weighted by Gasteiger charge is 2.21. The highest BCUT2D eigenvalue weighted by molar-refractivity contribution is 5.86. The number of hydrogen-bond donors (Lipinski definition) is 2. The molecule has 4 rings (SSSR count). The van der Waals surface area contributed by atoms with Gasteiger partial charge in [-0.05, 0) is 48.0 Å². The minimum Gasteiger partial charge on any atom is -0.508 e. The van der Waals surface area contributed by atoms with E-state index < -0.39 is 6.04 Å². The normalized spacial score (nSPS) is 12.0. The summed E-state index contributed by atoms with van der Waals surface area (Å²) in [5, 5.41) is 14.8. The Kier molecular flexibility index (Phi) is 4.19. The average Bonchev–Trinajstić information content (AvgIpc) is 2.68. The first-order valence-corrected chi connectivity index (χ1v) is 8.22. The molecule has 0 aliphatic heterocycles. The molecule has 2 aromatic heterocycles. The predicted octanol–water partition coefficient (Wildman–Crippen LogP) is 4.68. The van der Waals surface area contributed by atoms with Crippen LogP contribution in [-0.4, -0.2) is 15.1 Å². The maximum atomic E-state index is 13.4. The summed E-state index contributed by atoms with van der Waals surface area (Å²) in [5.74, 6) is 0.486. The number of rotatable bonds is 4. The van der Waals surface area contributed by atoms with Crippen molar-refractivity contribution in [2.75, 3.05) is 5.32 Å². The van der Waals surface area contributed by atoms with Gasteiger partial charge in [-0.2, -0.15) is 0 Å². The molecule has 4 nitrogen and oxygen atoms in total. The molecular formula is C21H16FN3O. The molecule has 0 aliphatic carbocycles. The maximum absolute atomic E-state index is 13.4. The number of aromatic hydroxyl groups is 1. The fourth-order valence-electron chi connectivity index (χ4n) is 3.04. The van der Waals surface area contributed by atoms with Crippen LogP contribution in [0, 0.1) is 5.82 Å². The number of phenols is 1. The zero-order valence-corrected chi connectivity index (χ0v) is 13.8. The third-order valence-corrected chi connectivity index (χ3v) is 4.25. The molecular weight excluding hydrogens is 329 g/mol. The van der Waals surface area contributed by atoms with Crippen LogP contribution in [0.5, 0.6) is 5.75 Å². The Balaban J connectivity index is 1.91. The first kappa shape index (κ1) is 16.0. The van der Waals surface area contributed by atoms with Crippen LogP contribution in [0.4, 0.5) is 10.2 Å². The molecule has 0 unspecified atom stereocenters. The number of aromatic nitrogens is 2. The summed E-state index contributed by atoms with van der Waals surface area (Å²) in [5.41, 5.74) is 2.26. The van der Waals surface area contributed by atoms with Gasteiger partial charge in [0.25, 0.3) is 0 Å². The summed E-state index contributed by atoms with van der Waals surface area (Å²) in [6, 6.07) is 18.5. The van der Waals surface area contributed by atoms with Crippen LogP contribution in [-0.2, 0) is 0 Å². The molecule has 26 heavy (non-hydrogen) atoms. The van der Waals surface area contributed by atoms with Gasteiger partial charge in [0.05, 0.1) is 11.6 Å². The van der Waals surface area contributed by atoms with E-state index in [2.05, 4.69) is 15.3 Å². The van der Waals surface area contributed by atoms with Crippen molar-refractivity contribution in [3.8, 4) is 5.75 Å². The number of phenolic OH excluding ortho intramolecular Hbond substituents is 1. The lowest BCUT2D eigenvalue weighted by molar-refractivity contribution is 0.468. The SMILES string of the molecule is Oc1ccc2ncccc2c1[C@@H](Nc1ccccn1)c1ccc(F)cc1. The van der Waals surface area contributed by atoms with Crippen LogP contribution < -0.4 is 5.32 Å². The molecule has 5 heteroatoms. The molecule has 1 atom stereocenters. The number of nitrogens with one attached hydrogen (secondary N) is 1. The Bertz CT molecular complexity index is 1040. The van der Waals surface area contributed by atoms with Gasteiger partial charge in [-0.1, -0.05) is 24.3 Å². The van der Waals surface area contributed by atoms with E-state index in [4.69, 9.17) is 0 Å². The quantitative estimate of drug-likeness (QED) is 0.564. The van der Waals surface area contributed by atoms with Crippen molar-refractivity contribution in [3.05, 3.63) is 96.1 Å². The number of hydrogen-bond acceptors (Lipinski definition) is 4. The summed E-state index contributed by atoms with van der Waals surface area (Å²) in [4.78, 5) is 8.68. The van der Waals surface area contributed by atoms with Gasteiger partial charge in [0.2, 0.25) is 0 Å². The van der Waals surface area contributed by atoms with E-state index in [-0.39, 0.29) is 11.6 Å². The molecule has 2 heterocycles. The lowest BCUT2D eigenvalue weighted by Gasteiger charge is -2.23. The molecule has 0 aliphatic rings. The zero-order valence-electron chi connectivity index (χ0n) is 13.8. The molecule has 0 spiro atoms. The van der Waals surface area contributed by atoms with Crippen LogP contribution in [0.2, 0.25) is 0 Å². The molecule has 2 aromatic carbocycles. The molecule has 0 saturated carbocycles. The van der Waals surface area contributed by atoms with Crippen molar-refractivity contribution < 1.29 is 9.50 Å². The smallest absolute Gasteiger partial charge is 0.126 e. The number of fused-ring (bicyclic) bond motifs is 1. The van der Waals surface area contributed by atoms with E-state index in [1.165, 1.54) is 12.1 Å². The van der Waals surface area contributed by atoms with Crippen molar-refractivity contribution in [1.82, 2.24) is 9.97 Å². The standard InChI is InChI=1S/C21H16FN3O/c22-15-8-6-14(7-9-15)21(25-19-5-1-2-12-24-19)20-16-4-3-13-23-17(16)10-11-18(20)26/h1-13,21,26H,(H,24,25)/t21-/m0/s1. The topological polar surface area (TPSA) is 58.0 Å². The van der Waals surface area contributed by atoms with Gasteiger partial charge in [-0.3, -0.25) is 4.98 Å². The molecule has 4 aromatic rings. The van der Waals surface area contributed by atoms with Gasteiger partial charge in [0.15, 0.2) is 0 Å². The van der Waals surface area contributed by atoms with E-state index in [9.17, 15) is 9.50 Å². The van der Waals surface area contributed by atoms with E-state index >= 15 is 0 Å².